The Kier molecular flexibility index (Phi) is 3.70. The van der Waals surface area contributed by atoms with Crippen molar-refractivity contribution in [3.8, 4) is 0 Å². The number of oxime groups is 1. The molecule has 1 aliphatic carbocycles. The maximum atomic E-state index is 14.0. The van der Waals surface area contributed by atoms with Crippen molar-refractivity contribution in [2.75, 3.05) is 0 Å². The van der Waals surface area contributed by atoms with Crippen molar-refractivity contribution in [1.82, 2.24) is 0 Å². The third kappa shape index (κ3) is 2.72. The largest absolute Gasteiger partial charge is 0.481 e. The van der Waals surface area contributed by atoms with Crippen LogP contribution in [0.15, 0.2) is 29.0 Å². The van der Waals surface area contributed by atoms with Crippen molar-refractivity contribution in [1.29, 1.82) is 0 Å². The van der Waals surface area contributed by atoms with Crippen molar-refractivity contribution < 1.29 is 19.5 Å². The normalized spacial score (nSPS) is 24.6. The standard InChI is InChI=1S/C12H16FNO3/c1-12(2,3)9(11(15)16)7-5-4-6-8(14-17)10(7)13/h4-6,9-10,17H,1-3H3,(H,15,16). The lowest BCUT2D eigenvalue weighted by molar-refractivity contribution is -0.143. The molecule has 5 heteroatoms. The van der Waals surface area contributed by atoms with Crippen molar-refractivity contribution >= 4 is 11.7 Å². The fourth-order valence-electron chi connectivity index (χ4n) is 1.94. The molecule has 0 saturated carbocycles. The van der Waals surface area contributed by atoms with Crippen LogP contribution in [-0.4, -0.2) is 28.2 Å². The van der Waals surface area contributed by atoms with Gasteiger partial charge in [0.05, 0.1) is 5.92 Å². The highest BCUT2D eigenvalue weighted by atomic mass is 19.1. The summed E-state index contributed by atoms with van der Waals surface area (Å²) in [5.74, 6) is -2.04. The van der Waals surface area contributed by atoms with Crippen LogP contribution in [0.5, 0.6) is 0 Å². The fourth-order valence-corrected chi connectivity index (χ4v) is 1.94. The topological polar surface area (TPSA) is 69.9 Å². The van der Waals surface area contributed by atoms with Gasteiger partial charge in [0.1, 0.15) is 5.71 Å². The van der Waals surface area contributed by atoms with Crippen LogP contribution in [0.1, 0.15) is 20.8 Å². The van der Waals surface area contributed by atoms with Gasteiger partial charge in [-0.3, -0.25) is 4.79 Å². The first kappa shape index (κ1) is 13.4. The Bertz CT molecular complexity index is 404. The van der Waals surface area contributed by atoms with Gasteiger partial charge in [-0.2, -0.15) is 0 Å². The number of halogens is 1. The van der Waals surface area contributed by atoms with Gasteiger partial charge in [-0.15, -0.1) is 0 Å². The molecule has 2 unspecified atom stereocenters. The van der Waals surface area contributed by atoms with E-state index in [9.17, 15) is 14.3 Å². The van der Waals surface area contributed by atoms with E-state index in [0.29, 0.717) is 0 Å². The van der Waals surface area contributed by atoms with Crippen LogP contribution in [0.2, 0.25) is 0 Å². The van der Waals surface area contributed by atoms with Crippen molar-refractivity contribution in [2.24, 2.45) is 16.5 Å². The summed E-state index contributed by atoms with van der Waals surface area (Å²) >= 11 is 0. The van der Waals surface area contributed by atoms with Crippen molar-refractivity contribution in [2.45, 2.75) is 26.9 Å². The Labute approximate surface area is 99.1 Å². The zero-order valence-corrected chi connectivity index (χ0v) is 10.0. The van der Waals surface area contributed by atoms with Gasteiger partial charge in [0.25, 0.3) is 0 Å². The molecular formula is C12H16FNO3. The van der Waals surface area contributed by atoms with Crippen molar-refractivity contribution in [3.63, 3.8) is 0 Å². The van der Waals surface area contributed by atoms with Crippen LogP contribution < -0.4 is 0 Å². The summed E-state index contributed by atoms with van der Waals surface area (Å²) in [5, 5.41) is 20.7. The number of allylic oxidation sites excluding steroid dienone is 3. The quantitative estimate of drug-likeness (QED) is 0.576. The van der Waals surface area contributed by atoms with E-state index in [1.807, 2.05) is 0 Å². The zero-order valence-electron chi connectivity index (χ0n) is 10.0. The summed E-state index contributed by atoms with van der Waals surface area (Å²) in [6.07, 6.45) is 2.56. The third-order valence-electron chi connectivity index (χ3n) is 2.67. The molecule has 2 N–H and O–H groups in total. The third-order valence-corrected chi connectivity index (χ3v) is 2.67. The molecule has 17 heavy (non-hydrogen) atoms. The summed E-state index contributed by atoms with van der Waals surface area (Å²) in [4.78, 5) is 11.3. The molecule has 0 bridgehead atoms. The lowest BCUT2D eigenvalue weighted by Crippen LogP contribution is -2.36. The molecule has 1 rings (SSSR count). The molecular weight excluding hydrogens is 225 g/mol. The number of alkyl halides is 1. The molecule has 0 aromatic rings. The first-order chi connectivity index (χ1) is 7.79. The van der Waals surface area contributed by atoms with E-state index in [4.69, 9.17) is 5.21 Å². The second-order valence-electron chi connectivity index (χ2n) is 5.05. The molecule has 94 valence electrons. The first-order valence-electron chi connectivity index (χ1n) is 5.26. The molecule has 2 atom stereocenters. The SMILES string of the molecule is CC(C)(C)C(C(=O)O)C1=CC=CC(=NO)C1F. The van der Waals surface area contributed by atoms with E-state index >= 15 is 0 Å². The van der Waals surface area contributed by atoms with Crippen LogP contribution in [0.4, 0.5) is 4.39 Å². The molecule has 0 heterocycles. The summed E-state index contributed by atoms with van der Waals surface area (Å²) in [5.41, 5.74) is -0.674. The number of nitrogens with zero attached hydrogens (tertiary/aromatic N) is 1. The first-order valence-corrected chi connectivity index (χ1v) is 5.26. The number of hydrogen-bond donors (Lipinski definition) is 2. The van der Waals surface area contributed by atoms with E-state index in [2.05, 4.69) is 5.16 Å². The molecule has 1 aliphatic rings. The summed E-state index contributed by atoms with van der Waals surface area (Å²) in [6, 6.07) is 0. The second kappa shape index (κ2) is 4.69. The van der Waals surface area contributed by atoms with E-state index in [1.165, 1.54) is 18.2 Å². The summed E-state index contributed by atoms with van der Waals surface area (Å²) < 4.78 is 14.0. The van der Waals surface area contributed by atoms with Crippen LogP contribution >= 0.6 is 0 Å². The number of hydrogen-bond acceptors (Lipinski definition) is 3. The maximum absolute atomic E-state index is 14.0. The van der Waals surface area contributed by atoms with Gasteiger partial charge in [0.15, 0.2) is 6.17 Å². The van der Waals surface area contributed by atoms with Crippen LogP contribution in [0.3, 0.4) is 0 Å². The minimum atomic E-state index is -1.68. The molecule has 0 radical (unpaired) electrons. The number of carboxylic acids is 1. The van der Waals surface area contributed by atoms with Crippen LogP contribution in [-0.2, 0) is 4.79 Å². The summed E-state index contributed by atoms with van der Waals surface area (Å²) in [6.45, 7) is 5.19. The average molecular weight is 241 g/mol. The van der Waals surface area contributed by atoms with Crippen LogP contribution in [0.25, 0.3) is 0 Å². The number of carboxylic acid groups (broad SMARTS) is 1. The predicted octanol–water partition coefficient (Wildman–Crippen LogP) is 2.40. The van der Waals surface area contributed by atoms with E-state index in [1.54, 1.807) is 20.8 Å². The number of rotatable bonds is 2. The average Bonchev–Trinajstić information content (AvgIpc) is 2.18. The van der Waals surface area contributed by atoms with Crippen LogP contribution in [0, 0.1) is 11.3 Å². The maximum Gasteiger partial charge on any atom is 0.311 e. The van der Waals surface area contributed by atoms with E-state index in [-0.39, 0.29) is 11.3 Å². The van der Waals surface area contributed by atoms with Gasteiger partial charge >= 0.3 is 5.97 Å². The zero-order chi connectivity index (χ0) is 13.2. The fraction of sp³-hybridized carbons (Fsp3) is 0.500. The number of aliphatic carboxylic acids is 1. The molecule has 0 saturated heterocycles. The molecule has 0 spiro atoms. The monoisotopic (exact) mass is 241 g/mol. The van der Waals surface area contributed by atoms with Gasteiger partial charge in [0.2, 0.25) is 0 Å². The Morgan fingerprint density at radius 3 is 2.53 bits per heavy atom. The van der Waals surface area contributed by atoms with Gasteiger partial charge in [-0.1, -0.05) is 38.1 Å². The minimum Gasteiger partial charge on any atom is -0.481 e. The highest BCUT2D eigenvalue weighted by Gasteiger charge is 2.39. The second-order valence-corrected chi connectivity index (χ2v) is 5.05. The van der Waals surface area contributed by atoms with Crippen molar-refractivity contribution in [3.05, 3.63) is 23.8 Å². The molecule has 0 aromatic carbocycles. The van der Waals surface area contributed by atoms with Gasteiger partial charge < -0.3 is 10.3 Å². The Balaban J connectivity index is 3.17. The lowest BCUT2D eigenvalue weighted by Gasteiger charge is -2.31. The predicted molar refractivity (Wildman–Crippen MR) is 61.9 cm³/mol. The van der Waals surface area contributed by atoms with Gasteiger partial charge in [-0.25, -0.2) is 4.39 Å². The molecule has 0 aromatic heterocycles. The van der Waals surface area contributed by atoms with Gasteiger partial charge in [-0.05, 0) is 17.1 Å². The Morgan fingerprint density at radius 2 is 2.12 bits per heavy atom. The Morgan fingerprint density at radius 1 is 1.53 bits per heavy atom. The molecule has 0 fully saturated rings. The van der Waals surface area contributed by atoms with E-state index < -0.39 is 23.5 Å². The highest BCUT2D eigenvalue weighted by molar-refractivity contribution is 6.02. The highest BCUT2D eigenvalue weighted by Crippen LogP contribution is 2.36. The lowest BCUT2D eigenvalue weighted by atomic mass is 9.73. The molecule has 0 amide bonds. The van der Waals surface area contributed by atoms with E-state index in [0.717, 1.165) is 0 Å². The van der Waals surface area contributed by atoms with Gasteiger partial charge in [0, 0.05) is 0 Å². The Hall–Kier alpha value is -1.65. The molecule has 0 aliphatic heterocycles. The minimum absolute atomic E-state index is 0.111. The summed E-state index contributed by atoms with van der Waals surface area (Å²) in [7, 11) is 0. The smallest absolute Gasteiger partial charge is 0.311 e. The number of carbonyl (C=O) groups is 1. The molecule has 4 nitrogen and oxygen atoms in total.